The zero-order valence-electron chi connectivity index (χ0n) is 18.1. The van der Waals surface area contributed by atoms with Gasteiger partial charge in [0.1, 0.15) is 0 Å². The van der Waals surface area contributed by atoms with Gasteiger partial charge in [0.2, 0.25) is 5.91 Å². The molecule has 0 aromatic rings. The molecular weight excluding hydrogens is 440 g/mol. The molecule has 11 nitrogen and oxygen atoms in total. The second-order valence-electron chi connectivity index (χ2n) is 7.97. The van der Waals surface area contributed by atoms with Crippen molar-refractivity contribution in [2.24, 2.45) is 23.0 Å². The minimum Gasteiger partial charge on any atom is -0.466 e. The molecule has 0 saturated carbocycles. The zero-order valence-corrected chi connectivity index (χ0v) is 19.7. The van der Waals surface area contributed by atoms with Gasteiger partial charge in [0.15, 0.2) is 0 Å². The molecule has 0 rings (SSSR count). The quantitative estimate of drug-likeness (QED) is 0.175. The highest BCUT2D eigenvalue weighted by Crippen LogP contribution is 2.29. The van der Waals surface area contributed by atoms with Crippen LogP contribution in [0, 0.1) is 17.3 Å². The minimum absolute atomic E-state index is 0.0969. The Hall–Kier alpha value is -1.28. The summed E-state index contributed by atoms with van der Waals surface area (Å²) < 4.78 is 64.1. The molecule has 0 spiro atoms. The molecule has 0 unspecified atom stereocenters. The molecule has 13 heteroatoms. The van der Waals surface area contributed by atoms with Gasteiger partial charge in [-0.05, 0) is 19.3 Å². The van der Waals surface area contributed by atoms with Gasteiger partial charge < -0.3 is 15.8 Å². The van der Waals surface area contributed by atoms with Crippen molar-refractivity contribution < 1.29 is 39.9 Å². The smallest absolute Gasteiger partial charge is 0.311 e. The van der Waals surface area contributed by atoms with Crippen LogP contribution in [0.15, 0.2) is 0 Å². The Kier molecular flexibility index (Phi) is 11.4. The SMILES string of the molecule is CCOC(=O)[C@H](CNC(=O)[C@@H](N)C(C)C)C(C)(C)COS(=O)(=O)CCCS(=O)(=O)O. The molecule has 0 aromatic heterocycles. The maximum Gasteiger partial charge on any atom is 0.311 e. The maximum absolute atomic E-state index is 12.4. The van der Waals surface area contributed by atoms with Crippen LogP contribution >= 0.6 is 0 Å². The van der Waals surface area contributed by atoms with Gasteiger partial charge in [0.25, 0.3) is 20.2 Å². The van der Waals surface area contributed by atoms with E-state index in [1.807, 2.05) is 0 Å². The van der Waals surface area contributed by atoms with Gasteiger partial charge in [-0.15, -0.1) is 0 Å². The van der Waals surface area contributed by atoms with Crippen LogP contribution in [0.1, 0.15) is 41.0 Å². The lowest BCUT2D eigenvalue weighted by atomic mass is 9.79. The third-order valence-corrected chi connectivity index (χ3v) is 6.49. The van der Waals surface area contributed by atoms with Crippen LogP contribution in [0.4, 0.5) is 0 Å². The molecule has 0 saturated heterocycles. The Morgan fingerprint density at radius 2 is 1.70 bits per heavy atom. The van der Waals surface area contributed by atoms with Crippen LogP contribution in [0.2, 0.25) is 0 Å². The van der Waals surface area contributed by atoms with Crippen LogP contribution in [0.5, 0.6) is 0 Å². The molecule has 1 amide bonds. The summed E-state index contributed by atoms with van der Waals surface area (Å²) in [6.45, 7) is 7.89. The monoisotopic (exact) mass is 474 g/mol. The van der Waals surface area contributed by atoms with Crippen LogP contribution in [-0.2, 0) is 38.7 Å². The third kappa shape index (κ3) is 11.2. The lowest BCUT2D eigenvalue weighted by Crippen LogP contribution is -2.49. The Morgan fingerprint density at radius 3 is 2.17 bits per heavy atom. The Balaban J connectivity index is 5.15. The van der Waals surface area contributed by atoms with Gasteiger partial charge in [-0.25, -0.2) is 0 Å². The molecule has 0 fully saturated rings. The number of ether oxygens (including phenoxy) is 1. The molecule has 0 aromatic carbocycles. The van der Waals surface area contributed by atoms with Crippen molar-refractivity contribution in [2.45, 2.75) is 47.1 Å². The first-order valence-electron chi connectivity index (χ1n) is 9.54. The van der Waals surface area contributed by atoms with E-state index in [0.717, 1.165) is 0 Å². The topological polar surface area (TPSA) is 179 Å². The summed E-state index contributed by atoms with van der Waals surface area (Å²) in [5.74, 6) is -3.45. The second-order valence-corrected chi connectivity index (χ2v) is 11.3. The lowest BCUT2D eigenvalue weighted by Gasteiger charge is -2.32. The highest BCUT2D eigenvalue weighted by atomic mass is 32.2. The third-order valence-electron chi connectivity index (χ3n) is 4.42. The van der Waals surface area contributed by atoms with Gasteiger partial charge in [-0.3, -0.25) is 18.3 Å². The van der Waals surface area contributed by atoms with Gasteiger partial charge in [-0.2, -0.15) is 16.8 Å². The highest BCUT2D eigenvalue weighted by Gasteiger charge is 2.38. The second kappa shape index (κ2) is 11.9. The van der Waals surface area contributed by atoms with Crippen LogP contribution in [0.3, 0.4) is 0 Å². The molecule has 0 aliphatic heterocycles. The summed E-state index contributed by atoms with van der Waals surface area (Å²) in [6.07, 6.45) is -0.341. The number of amides is 1. The average Bonchev–Trinajstić information content (AvgIpc) is 2.58. The molecule has 0 aliphatic carbocycles. The Labute approximate surface area is 178 Å². The van der Waals surface area contributed by atoms with Crippen molar-refractivity contribution in [1.82, 2.24) is 5.32 Å². The fraction of sp³-hybridized carbons (Fsp3) is 0.882. The van der Waals surface area contributed by atoms with E-state index in [1.165, 1.54) is 0 Å². The number of carbonyl (C=O) groups is 2. The van der Waals surface area contributed by atoms with Gasteiger partial charge in [-0.1, -0.05) is 27.7 Å². The fourth-order valence-corrected chi connectivity index (χ4v) is 4.15. The predicted molar refractivity (Wildman–Crippen MR) is 110 cm³/mol. The maximum atomic E-state index is 12.4. The molecule has 0 bridgehead atoms. The number of nitrogens with one attached hydrogen (secondary N) is 1. The van der Waals surface area contributed by atoms with Crippen molar-refractivity contribution in [2.75, 3.05) is 31.3 Å². The van der Waals surface area contributed by atoms with Crippen LogP contribution in [0.25, 0.3) is 0 Å². The first-order valence-corrected chi connectivity index (χ1v) is 12.7. The predicted octanol–water partition coefficient (Wildman–Crippen LogP) is -0.0843. The van der Waals surface area contributed by atoms with Crippen molar-refractivity contribution >= 4 is 32.1 Å². The molecule has 4 N–H and O–H groups in total. The van der Waals surface area contributed by atoms with Gasteiger partial charge in [0.05, 0.1) is 36.7 Å². The van der Waals surface area contributed by atoms with Crippen molar-refractivity contribution in [3.63, 3.8) is 0 Å². The van der Waals surface area contributed by atoms with E-state index < -0.39 is 67.6 Å². The summed E-state index contributed by atoms with van der Waals surface area (Å²) in [5.41, 5.74) is 4.73. The van der Waals surface area contributed by atoms with Crippen molar-refractivity contribution in [1.29, 1.82) is 0 Å². The molecular formula is C17H34N2O9S2. The number of hydrogen-bond donors (Lipinski definition) is 3. The van der Waals surface area contributed by atoms with E-state index in [4.69, 9.17) is 19.2 Å². The molecule has 2 atom stereocenters. The Bertz CT molecular complexity index is 777. The zero-order chi connectivity index (χ0) is 23.8. The van der Waals surface area contributed by atoms with Crippen LogP contribution in [-0.4, -0.2) is 70.6 Å². The van der Waals surface area contributed by atoms with E-state index in [9.17, 15) is 26.4 Å². The highest BCUT2D eigenvalue weighted by molar-refractivity contribution is 7.87. The molecule has 0 heterocycles. The standard InChI is InChI=1S/C17H34N2O9S2/c1-6-27-16(21)13(10-19-15(20)14(18)12(2)3)17(4,5)11-28-30(25,26)9-7-8-29(22,23)24/h12-14H,6-11,18H2,1-5H3,(H,19,20)(H,22,23,24)/t13-,14-/m0/s1. The van der Waals surface area contributed by atoms with Gasteiger partial charge in [0, 0.05) is 12.0 Å². The first kappa shape index (κ1) is 28.7. The van der Waals surface area contributed by atoms with E-state index in [2.05, 4.69) is 5.32 Å². The number of hydrogen-bond acceptors (Lipinski definition) is 9. The number of rotatable bonds is 14. The van der Waals surface area contributed by atoms with E-state index >= 15 is 0 Å². The normalized spacial score (nSPS) is 14.9. The van der Waals surface area contributed by atoms with E-state index in [-0.39, 0.29) is 25.5 Å². The minimum atomic E-state index is -4.28. The Morgan fingerprint density at radius 1 is 1.13 bits per heavy atom. The fourth-order valence-electron chi connectivity index (χ4n) is 2.36. The summed E-state index contributed by atoms with van der Waals surface area (Å²) in [7, 11) is -8.38. The van der Waals surface area contributed by atoms with Crippen molar-refractivity contribution in [3.05, 3.63) is 0 Å². The number of esters is 1. The van der Waals surface area contributed by atoms with E-state index in [1.54, 1.807) is 34.6 Å². The molecule has 178 valence electrons. The molecule has 0 aliphatic rings. The van der Waals surface area contributed by atoms with Crippen molar-refractivity contribution in [3.8, 4) is 0 Å². The van der Waals surface area contributed by atoms with E-state index in [0.29, 0.717) is 0 Å². The lowest BCUT2D eigenvalue weighted by molar-refractivity contribution is -0.153. The molecule has 30 heavy (non-hydrogen) atoms. The number of nitrogens with two attached hydrogens (primary N) is 1. The average molecular weight is 475 g/mol. The molecule has 0 radical (unpaired) electrons. The largest absolute Gasteiger partial charge is 0.466 e. The number of carbonyl (C=O) groups excluding carboxylic acids is 2. The summed E-state index contributed by atoms with van der Waals surface area (Å²) in [5, 5.41) is 2.59. The summed E-state index contributed by atoms with van der Waals surface area (Å²) >= 11 is 0. The summed E-state index contributed by atoms with van der Waals surface area (Å²) in [6, 6.07) is -0.768. The first-order chi connectivity index (χ1) is 13.5. The van der Waals surface area contributed by atoms with Gasteiger partial charge >= 0.3 is 5.97 Å². The summed E-state index contributed by atoms with van der Waals surface area (Å²) in [4.78, 5) is 24.5. The van der Waals surface area contributed by atoms with Crippen LogP contribution < -0.4 is 11.1 Å².